The Morgan fingerprint density at radius 3 is 2.35 bits per heavy atom. The number of methoxy groups -OCH3 is 1. The number of hydrogen-bond donors (Lipinski definition) is 0. The Labute approximate surface area is 135 Å². The lowest BCUT2D eigenvalue weighted by Gasteiger charge is -2.47. The fraction of sp³-hybridized carbons (Fsp3) is 0.263. The summed E-state index contributed by atoms with van der Waals surface area (Å²) in [6, 6.07) is 16.9. The highest BCUT2D eigenvalue weighted by atomic mass is 16.5. The van der Waals surface area contributed by atoms with Crippen molar-refractivity contribution in [3.63, 3.8) is 0 Å². The third-order valence-electron chi connectivity index (χ3n) is 4.86. The van der Waals surface area contributed by atoms with E-state index in [9.17, 15) is 9.59 Å². The summed E-state index contributed by atoms with van der Waals surface area (Å²) in [5, 5.41) is 0. The highest BCUT2D eigenvalue weighted by Crippen LogP contribution is 2.47. The average Bonchev–Trinajstić information content (AvgIpc) is 2.60. The Balaban J connectivity index is 2.29. The quantitative estimate of drug-likeness (QED) is 0.801. The molecule has 1 heterocycles. The van der Waals surface area contributed by atoms with Gasteiger partial charge in [0, 0.05) is 12.6 Å². The number of benzene rings is 2. The van der Waals surface area contributed by atoms with Gasteiger partial charge in [-0.05, 0) is 24.1 Å². The molecule has 4 nitrogen and oxygen atoms in total. The van der Waals surface area contributed by atoms with Crippen molar-refractivity contribution in [1.82, 2.24) is 4.90 Å². The lowest BCUT2D eigenvalue weighted by Crippen LogP contribution is -2.55. The Bertz CT molecular complexity index is 756. The second-order valence-corrected chi connectivity index (χ2v) is 5.92. The highest BCUT2D eigenvalue weighted by Gasteiger charge is 2.51. The summed E-state index contributed by atoms with van der Waals surface area (Å²) in [6.45, 7) is 1.91. The largest absolute Gasteiger partial charge is 0.468 e. The molecule has 4 heteroatoms. The second kappa shape index (κ2) is 5.54. The van der Waals surface area contributed by atoms with Crippen molar-refractivity contribution in [1.29, 1.82) is 0 Å². The fourth-order valence-electron chi connectivity index (χ4n) is 3.44. The number of fused-ring (bicyclic) bond motifs is 1. The summed E-state index contributed by atoms with van der Waals surface area (Å²) in [6.07, 6.45) is 0. The van der Waals surface area contributed by atoms with Gasteiger partial charge >= 0.3 is 5.97 Å². The topological polar surface area (TPSA) is 46.6 Å². The van der Waals surface area contributed by atoms with Crippen LogP contribution in [0.2, 0.25) is 0 Å². The van der Waals surface area contributed by atoms with Crippen molar-refractivity contribution in [2.75, 3.05) is 14.2 Å². The predicted octanol–water partition coefficient (Wildman–Crippen LogP) is 2.94. The van der Waals surface area contributed by atoms with E-state index in [0.717, 1.165) is 5.56 Å². The summed E-state index contributed by atoms with van der Waals surface area (Å²) in [7, 11) is 3.12. The maximum Gasteiger partial charge on any atom is 0.315 e. The van der Waals surface area contributed by atoms with Crippen LogP contribution in [0.5, 0.6) is 0 Å². The molecule has 0 aliphatic carbocycles. The molecular formula is C19H19NO3. The van der Waals surface area contributed by atoms with Gasteiger partial charge in [-0.2, -0.15) is 0 Å². The molecule has 0 radical (unpaired) electrons. The van der Waals surface area contributed by atoms with Crippen molar-refractivity contribution < 1.29 is 14.3 Å². The number of likely N-dealkylation sites (N-methyl/N-ethyl adjacent to an activating group) is 1. The maximum absolute atomic E-state index is 12.8. The van der Waals surface area contributed by atoms with Gasteiger partial charge < -0.3 is 9.64 Å². The first-order valence-corrected chi connectivity index (χ1v) is 7.52. The van der Waals surface area contributed by atoms with Gasteiger partial charge in [0.25, 0.3) is 5.91 Å². The van der Waals surface area contributed by atoms with E-state index in [1.807, 2.05) is 55.5 Å². The normalized spacial score (nSPS) is 23.3. The summed E-state index contributed by atoms with van der Waals surface area (Å²) in [5.41, 5.74) is 1.37. The first-order valence-electron chi connectivity index (χ1n) is 7.52. The highest BCUT2D eigenvalue weighted by molar-refractivity contribution is 6.01. The predicted molar refractivity (Wildman–Crippen MR) is 87.1 cm³/mol. The van der Waals surface area contributed by atoms with Gasteiger partial charge in [-0.1, -0.05) is 48.5 Å². The smallest absolute Gasteiger partial charge is 0.315 e. The number of ether oxygens (including phenoxy) is 1. The Kier molecular flexibility index (Phi) is 3.68. The van der Waals surface area contributed by atoms with E-state index in [0.29, 0.717) is 11.1 Å². The first kappa shape index (κ1) is 15.3. The molecule has 0 N–H and O–H groups in total. The zero-order valence-electron chi connectivity index (χ0n) is 13.4. The Morgan fingerprint density at radius 1 is 1.09 bits per heavy atom. The molecule has 0 spiro atoms. The zero-order valence-corrected chi connectivity index (χ0v) is 13.4. The molecule has 0 aromatic heterocycles. The number of carbonyl (C=O) groups excluding carboxylic acids is 2. The van der Waals surface area contributed by atoms with E-state index in [1.54, 1.807) is 18.0 Å². The molecule has 0 saturated heterocycles. The van der Waals surface area contributed by atoms with Crippen LogP contribution in [0.4, 0.5) is 0 Å². The van der Waals surface area contributed by atoms with E-state index in [-0.39, 0.29) is 11.9 Å². The number of amides is 1. The second-order valence-electron chi connectivity index (χ2n) is 5.92. The Morgan fingerprint density at radius 2 is 1.70 bits per heavy atom. The van der Waals surface area contributed by atoms with Crippen LogP contribution < -0.4 is 0 Å². The van der Waals surface area contributed by atoms with Crippen LogP contribution in [0.3, 0.4) is 0 Å². The molecule has 1 amide bonds. The van der Waals surface area contributed by atoms with E-state index in [1.165, 1.54) is 7.11 Å². The summed E-state index contributed by atoms with van der Waals surface area (Å²) in [5.74, 6) is -1.01. The average molecular weight is 309 g/mol. The van der Waals surface area contributed by atoms with Crippen molar-refractivity contribution >= 4 is 11.9 Å². The van der Waals surface area contributed by atoms with Gasteiger partial charge in [-0.25, -0.2) is 0 Å². The number of hydrogen-bond acceptors (Lipinski definition) is 3. The van der Waals surface area contributed by atoms with Gasteiger partial charge in [-0.15, -0.1) is 0 Å². The summed E-state index contributed by atoms with van der Waals surface area (Å²) < 4.78 is 5.07. The maximum atomic E-state index is 12.8. The number of rotatable bonds is 2. The SMILES string of the molecule is COC(=O)[C@@H]1c2ccccc2C(=O)N(C)[C@]1(C)c1ccccc1. The van der Waals surface area contributed by atoms with Crippen LogP contribution >= 0.6 is 0 Å². The van der Waals surface area contributed by atoms with Crippen molar-refractivity contribution in [2.24, 2.45) is 0 Å². The molecule has 2 aromatic carbocycles. The molecule has 3 rings (SSSR count). The third-order valence-corrected chi connectivity index (χ3v) is 4.86. The van der Waals surface area contributed by atoms with E-state index in [2.05, 4.69) is 0 Å². The van der Waals surface area contributed by atoms with Gasteiger partial charge in [0.2, 0.25) is 0 Å². The molecule has 1 aliphatic rings. The van der Waals surface area contributed by atoms with Gasteiger partial charge in [-0.3, -0.25) is 9.59 Å². The van der Waals surface area contributed by atoms with E-state index >= 15 is 0 Å². The molecule has 2 atom stereocenters. The minimum absolute atomic E-state index is 0.0906. The van der Waals surface area contributed by atoms with Gasteiger partial charge in [0.05, 0.1) is 12.6 Å². The molecule has 23 heavy (non-hydrogen) atoms. The van der Waals surface area contributed by atoms with Crippen LogP contribution in [0.25, 0.3) is 0 Å². The van der Waals surface area contributed by atoms with Gasteiger partial charge in [0.15, 0.2) is 0 Å². The zero-order chi connectivity index (χ0) is 16.6. The van der Waals surface area contributed by atoms with E-state index in [4.69, 9.17) is 4.74 Å². The van der Waals surface area contributed by atoms with Crippen LogP contribution in [0, 0.1) is 0 Å². The molecule has 0 saturated carbocycles. The lowest BCUT2D eigenvalue weighted by atomic mass is 9.70. The van der Waals surface area contributed by atoms with Crippen LogP contribution in [0.1, 0.15) is 34.3 Å². The molecule has 1 aliphatic heterocycles. The monoisotopic (exact) mass is 309 g/mol. The number of esters is 1. The van der Waals surface area contributed by atoms with Crippen molar-refractivity contribution in [2.45, 2.75) is 18.4 Å². The molecule has 118 valence electrons. The molecule has 0 bridgehead atoms. The standard InChI is InChI=1S/C19H19NO3/c1-19(13-9-5-4-6-10-13)16(18(22)23-3)14-11-7-8-12-15(14)17(21)20(19)2/h4-12,16H,1-3H3/t16-,19+/m0/s1. The summed E-state index contributed by atoms with van der Waals surface area (Å²) >= 11 is 0. The van der Waals surface area contributed by atoms with Crippen LogP contribution in [-0.2, 0) is 15.1 Å². The third kappa shape index (κ3) is 2.13. The minimum Gasteiger partial charge on any atom is -0.468 e. The molecule has 0 fully saturated rings. The lowest BCUT2D eigenvalue weighted by molar-refractivity contribution is -0.146. The van der Waals surface area contributed by atoms with Crippen LogP contribution in [-0.4, -0.2) is 30.9 Å². The van der Waals surface area contributed by atoms with Crippen LogP contribution in [0.15, 0.2) is 54.6 Å². The van der Waals surface area contributed by atoms with E-state index < -0.39 is 11.5 Å². The molecule has 0 unspecified atom stereocenters. The molecule has 2 aromatic rings. The van der Waals surface area contributed by atoms with Crippen molar-refractivity contribution in [3.8, 4) is 0 Å². The fourth-order valence-corrected chi connectivity index (χ4v) is 3.44. The number of carbonyl (C=O) groups is 2. The first-order chi connectivity index (χ1) is 11.0. The summed E-state index contributed by atoms with van der Waals surface area (Å²) in [4.78, 5) is 27.1. The van der Waals surface area contributed by atoms with Gasteiger partial charge in [0.1, 0.15) is 5.92 Å². The van der Waals surface area contributed by atoms with Crippen molar-refractivity contribution in [3.05, 3.63) is 71.3 Å². The number of nitrogens with zero attached hydrogens (tertiary/aromatic N) is 1. The minimum atomic E-state index is -0.806. The molecular weight excluding hydrogens is 290 g/mol. The Hall–Kier alpha value is -2.62.